The van der Waals surface area contributed by atoms with Gasteiger partial charge in [-0.2, -0.15) is 0 Å². The summed E-state index contributed by atoms with van der Waals surface area (Å²) >= 11 is 5.91. The van der Waals surface area contributed by atoms with Gasteiger partial charge in [0, 0.05) is 34.7 Å². The van der Waals surface area contributed by atoms with Crippen LogP contribution >= 0.6 is 11.6 Å². The fraction of sp³-hybridized carbons (Fsp3) is 0.0833. The molecule has 0 aliphatic heterocycles. The Balaban J connectivity index is 2.55. The molecule has 4 heteroatoms. The van der Waals surface area contributed by atoms with Crippen molar-refractivity contribution in [3.63, 3.8) is 0 Å². The molecule has 3 nitrogen and oxygen atoms in total. The number of fused-ring (bicyclic) bond motifs is 1. The topological polar surface area (TPSA) is 48.0 Å². The second-order valence-corrected chi connectivity index (χ2v) is 4.00. The van der Waals surface area contributed by atoms with Gasteiger partial charge in [-0.25, -0.2) is 0 Å². The largest absolute Gasteiger partial charge is 0.366 e. The van der Waals surface area contributed by atoms with Gasteiger partial charge in [0.15, 0.2) is 0 Å². The first-order chi connectivity index (χ1) is 7.58. The molecule has 2 rings (SSSR count). The van der Waals surface area contributed by atoms with Crippen molar-refractivity contribution in [1.29, 1.82) is 0 Å². The fourth-order valence-corrected chi connectivity index (χ4v) is 1.85. The number of amides is 1. The second-order valence-electron chi connectivity index (χ2n) is 3.57. The van der Waals surface area contributed by atoms with Gasteiger partial charge >= 0.3 is 0 Å². The van der Waals surface area contributed by atoms with Crippen molar-refractivity contribution in [1.82, 2.24) is 4.57 Å². The van der Waals surface area contributed by atoms with E-state index in [-0.39, 0.29) is 0 Å². The maximum Gasteiger partial charge on any atom is 0.241 e. The second kappa shape index (κ2) is 4.02. The van der Waals surface area contributed by atoms with E-state index in [2.05, 4.69) is 0 Å². The number of carbonyl (C=O) groups is 1. The van der Waals surface area contributed by atoms with E-state index in [1.54, 1.807) is 6.08 Å². The molecule has 16 heavy (non-hydrogen) atoms. The Kier molecular flexibility index (Phi) is 2.71. The van der Waals surface area contributed by atoms with Crippen LogP contribution in [-0.4, -0.2) is 10.5 Å². The Morgan fingerprint density at radius 2 is 2.19 bits per heavy atom. The van der Waals surface area contributed by atoms with Crippen molar-refractivity contribution in [3.8, 4) is 0 Å². The van der Waals surface area contributed by atoms with Crippen LogP contribution in [0.25, 0.3) is 17.0 Å². The summed E-state index contributed by atoms with van der Waals surface area (Å²) in [7, 11) is 1.93. The lowest BCUT2D eigenvalue weighted by atomic mass is 10.2. The maximum absolute atomic E-state index is 10.7. The number of rotatable bonds is 2. The summed E-state index contributed by atoms with van der Waals surface area (Å²) in [6.07, 6.45) is 3.03. The van der Waals surface area contributed by atoms with Crippen LogP contribution in [0, 0.1) is 0 Å². The first-order valence-electron chi connectivity index (χ1n) is 4.80. The molecule has 0 atom stereocenters. The molecule has 0 spiro atoms. The Hall–Kier alpha value is -1.74. The summed E-state index contributed by atoms with van der Waals surface area (Å²) in [6.45, 7) is 0. The van der Waals surface area contributed by atoms with Gasteiger partial charge in [-0.15, -0.1) is 0 Å². The van der Waals surface area contributed by atoms with E-state index in [0.717, 1.165) is 16.6 Å². The van der Waals surface area contributed by atoms with Gasteiger partial charge in [0.1, 0.15) is 0 Å². The highest BCUT2D eigenvalue weighted by molar-refractivity contribution is 6.31. The maximum atomic E-state index is 10.7. The minimum atomic E-state index is -0.455. The van der Waals surface area contributed by atoms with Crippen LogP contribution in [0.2, 0.25) is 5.02 Å². The molecule has 82 valence electrons. The zero-order chi connectivity index (χ0) is 11.7. The molecule has 0 saturated carbocycles. The predicted octanol–water partition coefficient (Wildman–Crippen LogP) is 2.33. The summed E-state index contributed by atoms with van der Waals surface area (Å²) in [5.74, 6) is -0.455. The Morgan fingerprint density at radius 1 is 1.44 bits per heavy atom. The number of aromatic nitrogens is 1. The highest BCUT2D eigenvalue weighted by Gasteiger charge is 2.03. The van der Waals surface area contributed by atoms with E-state index in [0.29, 0.717) is 5.02 Å². The molecule has 0 bridgehead atoms. The molecule has 0 fully saturated rings. The standard InChI is InChI=1S/C12H11ClN2O/c1-15-10(3-5-12(14)16)7-8-6-9(13)2-4-11(8)15/h2-7H,1H3,(H2,14,16)/b5-3+. The van der Waals surface area contributed by atoms with E-state index < -0.39 is 5.91 Å². The number of benzene rings is 1. The number of nitrogens with two attached hydrogens (primary N) is 1. The molecule has 1 aromatic heterocycles. The van der Waals surface area contributed by atoms with Gasteiger partial charge in [0.05, 0.1) is 0 Å². The minimum absolute atomic E-state index is 0.455. The number of hydrogen-bond acceptors (Lipinski definition) is 1. The Labute approximate surface area is 98.1 Å². The SMILES string of the molecule is Cn1c(/C=C/C(N)=O)cc2cc(Cl)ccc21. The summed E-state index contributed by atoms with van der Waals surface area (Å²) < 4.78 is 1.98. The zero-order valence-corrected chi connectivity index (χ0v) is 9.53. The summed E-state index contributed by atoms with van der Waals surface area (Å²) in [5.41, 5.74) is 7.03. The molecule has 2 N–H and O–H groups in total. The van der Waals surface area contributed by atoms with Crippen LogP contribution in [0.5, 0.6) is 0 Å². The quantitative estimate of drug-likeness (QED) is 0.797. The third kappa shape index (κ3) is 1.95. The summed E-state index contributed by atoms with van der Waals surface area (Å²) in [6, 6.07) is 7.63. The van der Waals surface area contributed by atoms with Crippen molar-refractivity contribution >= 4 is 34.5 Å². The molecule has 0 radical (unpaired) electrons. The minimum Gasteiger partial charge on any atom is -0.366 e. The van der Waals surface area contributed by atoms with Crippen molar-refractivity contribution < 1.29 is 4.79 Å². The lowest BCUT2D eigenvalue weighted by Gasteiger charge is -1.98. The number of carbonyl (C=O) groups excluding carboxylic acids is 1. The van der Waals surface area contributed by atoms with Crippen LogP contribution in [0.1, 0.15) is 5.69 Å². The number of nitrogens with zero attached hydrogens (tertiary/aromatic N) is 1. The molecular weight excluding hydrogens is 224 g/mol. The molecule has 0 unspecified atom stereocenters. The van der Waals surface area contributed by atoms with Crippen LogP contribution in [0.3, 0.4) is 0 Å². The van der Waals surface area contributed by atoms with Gasteiger partial charge in [-0.3, -0.25) is 4.79 Å². The highest BCUT2D eigenvalue weighted by atomic mass is 35.5. The van der Waals surface area contributed by atoms with Gasteiger partial charge < -0.3 is 10.3 Å². The van der Waals surface area contributed by atoms with Gasteiger partial charge in [-0.1, -0.05) is 11.6 Å². The van der Waals surface area contributed by atoms with Crippen molar-refractivity contribution in [3.05, 3.63) is 41.1 Å². The van der Waals surface area contributed by atoms with Crippen molar-refractivity contribution in [2.24, 2.45) is 12.8 Å². The normalized spacial score (nSPS) is 11.4. The summed E-state index contributed by atoms with van der Waals surface area (Å²) in [4.78, 5) is 10.7. The van der Waals surface area contributed by atoms with Crippen LogP contribution in [0.15, 0.2) is 30.3 Å². The summed E-state index contributed by atoms with van der Waals surface area (Å²) in [5, 5.41) is 1.74. The monoisotopic (exact) mass is 234 g/mol. The Bertz CT molecular complexity index is 584. The fourth-order valence-electron chi connectivity index (χ4n) is 1.67. The first-order valence-corrected chi connectivity index (χ1v) is 5.18. The molecule has 0 saturated heterocycles. The van der Waals surface area contributed by atoms with E-state index in [1.807, 2.05) is 35.9 Å². The molecular formula is C12H11ClN2O. The number of hydrogen-bond donors (Lipinski definition) is 1. The number of halogens is 1. The average molecular weight is 235 g/mol. The molecule has 0 aliphatic carbocycles. The van der Waals surface area contributed by atoms with Crippen LogP contribution in [-0.2, 0) is 11.8 Å². The van der Waals surface area contributed by atoms with Gasteiger partial charge in [-0.05, 0) is 30.3 Å². The predicted molar refractivity (Wildman–Crippen MR) is 66.2 cm³/mol. The first kappa shape index (κ1) is 10.8. The zero-order valence-electron chi connectivity index (χ0n) is 8.77. The number of aryl methyl sites for hydroxylation is 1. The third-order valence-electron chi connectivity index (χ3n) is 2.46. The number of primary amides is 1. The lowest BCUT2D eigenvalue weighted by Crippen LogP contribution is -2.05. The third-order valence-corrected chi connectivity index (χ3v) is 2.70. The van der Waals surface area contributed by atoms with Crippen molar-refractivity contribution in [2.75, 3.05) is 0 Å². The van der Waals surface area contributed by atoms with E-state index in [1.165, 1.54) is 6.08 Å². The average Bonchev–Trinajstić information content (AvgIpc) is 2.52. The molecule has 1 amide bonds. The van der Waals surface area contributed by atoms with Gasteiger partial charge in [0.2, 0.25) is 5.91 Å². The van der Waals surface area contributed by atoms with E-state index in [4.69, 9.17) is 17.3 Å². The van der Waals surface area contributed by atoms with Crippen LogP contribution < -0.4 is 5.73 Å². The Morgan fingerprint density at radius 3 is 2.88 bits per heavy atom. The van der Waals surface area contributed by atoms with E-state index >= 15 is 0 Å². The highest BCUT2D eigenvalue weighted by Crippen LogP contribution is 2.23. The molecule has 2 aromatic rings. The smallest absolute Gasteiger partial charge is 0.241 e. The van der Waals surface area contributed by atoms with Crippen LogP contribution in [0.4, 0.5) is 0 Å². The lowest BCUT2D eigenvalue weighted by molar-refractivity contribution is -0.113. The molecule has 1 heterocycles. The van der Waals surface area contributed by atoms with E-state index in [9.17, 15) is 4.79 Å². The molecule has 0 aliphatic rings. The van der Waals surface area contributed by atoms with Crippen molar-refractivity contribution in [2.45, 2.75) is 0 Å². The molecule has 1 aromatic carbocycles. The van der Waals surface area contributed by atoms with Gasteiger partial charge in [0.25, 0.3) is 0 Å².